The van der Waals surface area contributed by atoms with Crippen LogP contribution in [0.25, 0.3) is 0 Å². The van der Waals surface area contributed by atoms with Crippen molar-refractivity contribution in [2.24, 2.45) is 0 Å². The molecule has 2 aromatic rings. The number of piperidine rings is 2. The van der Waals surface area contributed by atoms with Gasteiger partial charge in [0.25, 0.3) is 0 Å². The van der Waals surface area contributed by atoms with Crippen LogP contribution in [-0.4, -0.2) is 29.2 Å². The van der Waals surface area contributed by atoms with Gasteiger partial charge in [0, 0.05) is 18.6 Å². The van der Waals surface area contributed by atoms with E-state index in [4.69, 9.17) is 4.74 Å². The van der Waals surface area contributed by atoms with Gasteiger partial charge in [-0.15, -0.1) is 0 Å². The Bertz CT molecular complexity index is 750. The molecule has 26 heavy (non-hydrogen) atoms. The molecule has 2 unspecified atom stereocenters. The molecule has 4 rings (SSSR count). The zero-order valence-electron chi connectivity index (χ0n) is 15.2. The number of aliphatic hydroxyl groups is 1. The lowest BCUT2D eigenvalue weighted by Crippen LogP contribution is -2.56. The van der Waals surface area contributed by atoms with Crippen molar-refractivity contribution in [3.05, 3.63) is 65.5 Å². The van der Waals surface area contributed by atoms with Gasteiger partial charge in [0.05, 0.1) is 12.7 Å². The van der Waals surface area contributed by atoms with Gasteiger partial charge in [0.1, 0.15) is 0 Å². The fourth-order valence-corrected chi connectivity index (χ4v) is 4.76. The molecule has 3 nitrogen and oxygen atoms in total. The monoisotopic (exact) mass is 355 g/mol. The van der Waals surface area contributed by atoms with Gasteiger partial charge < -0.3 is 9.84 Å². The minimum absolute atomic E-state index is 0.202. The predicted octanol–water partition coefficient (Wildman–Crippen LogP) is 4.24. The molecule has 0 radical (unpaired) electrons. The summed E-state index contributed by atoms with van der Waals surface area (Å²) >= 11 is 0. The second kappa shape index (κ2) is 7.01. The normalized spacial score (nSPS) is 28.7. The molecule has 138 valence electrons. The maximum atomic E-state index is 13.8. The van der Waals surface area contributed by atoms with Crippen LogP contribution >= 0.6 is 0 Å². The van der Waals surface area contributed by atoms with E-state index >= 15 is 0 Å². The molecule has 2 atom stereocenters. The Balaban J connectivity index is 1.59. The van der Waals surface area contributed by atoms with Gasteiger partial charge in [-0.05, 0) is 48.9 Å². The average molecular weight is 355 g/mol. The molecule has 2 bridgehead atoms. The topological polar surface area (TPSA) is 32.7 Å². The summed E-state index contributed by atoms with van der Waals surface area (Å²) < 4.78 is 18.9. The van der Waals surface area contributed by atoms with Crippen molar-refractivity contribution in [1.29, 1.82) is 0 Å². The van der Waals surface area contributed by atoms with E-state index in [-0.39, 0.29) is 11.6 Å². The number of rotatable bonds is 4. The summed E-state index contributed by atoms with van der Waals surface area (Å²) in [6.45, 7) is 0.930. The van der Waals surface area contributed by atoms with Crippen molar-refractivity contribution in [1.82, 2.24) is 4.90 Å². The lowest BCUT2D eigenvalue weighted by atomic mass is 9.72. The number of halogens is 1. The molecule has 0 saturated carbocycles. The smallest absolute Gasteiger partial charge is 0.165 e. The molecular weight excluding hydrogens is 329 g/mol. The minimum Gasteiger partial charge on any atom is -0.494 e. The van der Waals surface area contributed by atoms with Crippen LogP contribution in [0.5, 0.6) is 5.75 Å². The molecule has 0 aliphatic carbocycles. The second-order valence-electron chi connectivity index (χ2n) is 7.69. The summed E-state index contributed by atoms with van der Waals surface area (Å²) in [5, 5.41) is 11.4. The van der Waals surface area contributed by atoms with Crippen molar-refractivity contribution in [2.45, 2.75) is 56.3 Å². The molecule has 0 spiro atoms. The molecule has 2 aliphatic rings. The number of ether oxygens (including phenoxy) is 1. The Kier molecular flexibility index (Phi) is 4.72. The van der Waals surface area contributed by atoms with Gasteiger partial charge in [-0.25, -0.2) is 4.39 Å². The number of methoxy groups -OCH3 is 1. The Morgan fingerprint density at radius 2 is 1.81 bits per heavy atom. The number of hydrogen-bond acceptors (Lipinski definition) is 3. The first-order chi connectivity index (χ1) is 12.6. The van der Waals surface area contributed by atoms with Gasteiger partial charge in [0.2, 0.25) is 0 Å². The fourth-order valence-electron chi connectivity index (χ4n) is 4.76. The Morgan fingerprint density at radius 1 is 1.12 bits per heavy atom. The van der Waals surface area contributed by atoms with Crippen LogP contribution in [0.2, 0.25) is 0 Å². The Morgan fingerprint density at radius 3 is 2.46 bits per heavy atom. The zero-order chi connectivity index (χ0) is 18.1. The molecule has 2 saturated heterocycles. The van der Waals surface area contributed by atoms with E-state index < -0.39 is 5.60 Å². The lowest BCUT2D eigenvalue weighted by Gasteiger charge is -2.52. The third-order valence-electron chi connectivity index (χ3n) is 6.06. The van der Waals surface area contributed by atoms with Crippen molar-refractivity contribution in [3.63, 3.8) is 0 Å². The van der Waals surface area contributed by atoms with Crippen molar-refractivity contribution < 1.29 is 14.2 Å². The van der Waals surface area contributed by atoms with E-state index in [1.807, 2.05) is 6.07 Å². The first-order valence-electron chi connectivity index (χ1n) is 9.45. The van der Waals surface area contributed by atoms with Crippen LogP contribution < -0.4 is 4.74 Å². The summed E-state index contributed by atoms with van der Waals surface area (Å²) in [7, 11) is 1.46. The number of fused-ring (bicyclic) bond motifs is 2. The first kappa shape index (κ1) is 17.5. The maximum Gasteiger partial charge on any atom is 0.165 e. The molecular formula is C22H26FNO2. The molecule has 4 heteroatoms. The largest absolute Gasteiger partial charge is 0.494 e. The highest BCUT2D eigenvalue weighted by atomic mass is 19.1. The first-order valence-corrected chi connectivity index (χ1v) is 9.45. The number of nitrogens with zero attached hydrogens (tertiary/aromatic N) is 1. The van der Waals surface area contributed by atoms with Crippen LogP contribution in [0, 0.1) is 5.82 Å². The summed E-state index contributed by atoms with van der Waals surface area (Å²) in [6.07, 6.45) is 4.79. The maximum absolute atomic E-state index is 13.8. The van der Waals surface area contributed by atoms with E-state index in [0.29, 0.717) is 24.9 Å². The fraction of sp³-hybridized carbons (Fsp3) is 0.455. The van der Waals surface area contributed by atoms with Gasteiger partial charge in [0.15, 0.2) is 11.6 Å². The molecule has 2 heterocycles. The molecule has 1 N–H and O–H groups in total. The van der Waals surface area contributed by atoms with E-state index in [2.05, 4.69) is 29.2 Å². The van der Waals surface area contributed by atoms with Gasteiger partial charge in [-0.1, -0.05) is 42.8 Å². The van der Waals surface area contributed by atoms with Crippen molar-refractivity contribution in [3.8, 4) is 5.75 Å². The van der Waals surface area contributed by atoms with E-state index in [1.54, 1.807) is 12.1 Å². The summed E-state index contributed by atoms with van der Waals surface area (Å²) in [5.41, 5.74) is 1.18. The van der Waals surface area contributed by atoms with Crippen LogP contribution in [0.4, 0.5) is 4.39 Å². The quantitative estimate of drug-likeness (QED) is 0.890. The second-order valence-corrected chi connectivity index (χ2v) is 7.69. The SMILES string of the molecule is COc1cc(C2(O)CC3CCCC(C2)N3Cc2ccccc2)ccc1F. The number of benzene rings is 2. The summed E-state index contributed by atoms with van der Waals surface area (Å²) in [6, 6.07) is 16.0. The van der Waals surface area contributed by atoms with Crippen molar-refractivity contribution in [2.75, 3.05) is 7.11 Å². The summed E-state index contributed by atoms with van der Waals surface area (Å²) in [5.74, 6) is -0.186. The Hall–Kier alpha value is -1.91. The van der Waals surface area contributed by atoms with Gasteiger partial charge >= 0.3 is 0 Å². The minimum atomic E-state index is -0.913. The van der Waals surface area contributed by atoms with E-state index in [9.17, 15) is 9.50 Å². The van der Waals surface area contributed by atoms with Crippen LogP contribution in [0.3, 0.4) is 0 Å². The molecule has 0 amide bonds. The van der Waals surface area contributed by atoms with E-state index in [0.717, 1.165) is 24.9 Å². The molecule has 2 aliphatic heterocycles. The highest BCUT2D eigenvalue weighted by molar-refractivity contribution is 5.35. The van der Waals surface area contributed by atoms with E-state index in [1.165, 1.54) is 25.2 Å². The average Bonchev–Trinajstić information content (AvgIpc) is 2.64. The van der Waals surface area contributed by atoms with Crippen molar-refractivity contribution >= 4 is 0 Å². The third kappa shape index (κ3) is 3.24. The van der Waals surface area contributed by atoms with Crippen LogP contribution in [-0.2, 0) is 12.1 Å². The highest BCUT2D eigenvalue weighted by Gasteiger charge is 2.46. The van der Waals surface area contributed by atoms with Gasteiger partial charge in [-0.3, -0.25) is 4.90 Å². The number of hydrogen-bond donors (Lipinski definition) is 1. The standard InChI is InChI=1S/C22H26FNO2/c1-26-21-12-17(10-11-20(21)23)22(25)13-18-8-5-9-19(14-22)24(18)15-16-6-3-2-4-7-16/h2-4,6-7,10-12,18-19,25H,5,8-9,13-15H2,1H3. The molecule has 2 fully saturated rings. The van der Waals surface area contributed by atoms with Crippen LogP contribution in [0.1, 0.15) is 43.2 Å². The Labute approximate surface area is 154 Å². The highest BCUT2D eigenvalue weighted by Crippen LogP contribution is 2.45. The zero-order valence-corrected chi connectivity index (χ0v) is 15.2. The molecule has 0 aromatic heterocycles. The third-order valence-corrected chi connectivity index (χ3v) is 6.06. The lowest BCUT2D eigenvalue weighted by molar-refractivity contribution is -0.1000. The predicted molar refractivity (Wildman–Crippen MR) is 99.5 cm³/mol. The molecule has 2 aromatic carbocycles. The van der Waals surface area contributed by atoms with Crippen LogP contribution in [0.15, 0.2) is 48.5 Å². The summed E-state index contributed by atoms with van der Waals surface area (Å²) in [4.78, 5) is 2.56. The van der Waals surface area contributed by atoms with Gasteiger partial charge in [-0.2, -0.15) is 0 Å².